The normalized spacial score (nSPS) is 10.0. The lowest BCUT2D eigenvalue weighted by Gasteiger charge is -2.05. The molecule has 0 fully saturated rings. The van der Waals surface area contributed by atoms with Gasteiger partial charge in [-0.2, -0.15) is 0 Å². The first kappa shape index (κ1) is 12.0. The van der Waals surface area contributed by atoms with Gasteiger partial charge in [-0.25, -0.2) is 0 Å². The number of methoxy groups -OCH3 is 1. The van der Waals surface area contributed by atoms with Gasteiger partial charge in [0.25, 0.3) is 5.91 Å². The van der Waals surface area contributed by atoms with Gasteiger partial charge in [-0.15, -0.1) is 0 Å². The van der Waals surface area contributed by atoms with Crippen LogP contribution in [-0.2, 0) is 4.74 Å². The van der Waals surface area contributed by atoms with E-state index in [1.807, 2.05) is 0 Å². The molecular weight excluding hydrogens is 260 g/mol. The highest BCUT2D eigenvalue weighted by Gasteiger charge is 2.06. The Balaban J connectivity index is 2.65. The van der Waals surface area contributed by atoms with Gasteiger partial charge in [-0.05, 0) is 18.2 Å². The van der Waals surface area contributed by atoms with Crippen LogP contribution in [0, 0.1) is 0 Å². The fraction of sp³-hybridized carbons (Fsp3) is 0.300. The molecule has 0 heterocycles. The molecule has 15 heavy (non-hydrogen) atoms. The van der Waals surface area contributed by atoms with Gasteiger partial charge in [0.05, 0.1) is 6.61 Å². The monoisotopic (exact) mass is 272 g/mol. The van der Waals surface area contributed by atoms with E-state index < -0.39 is 0 Å². The molecule has 4 nitrogen and oxygen atoms in total. The highest BCUT2D eigenvalue weighted by atomic mass is 79.9. The van der Waals surface area contributed by atoms with Crippen molar-refractivity contribution in [1.29, 1.82) is 0 Å². The molecule has 1 aromatic rings. The zero-order chi connectivity index (χ0) is 11.3. The van der Waals surface area contributed by atoms with Crippen LogP contribution >= 0.6 is 15.9 Å². The second kappa shape index (κ2) is 5.72. The summed E-state index contributed by atoms with van der Waals surface area (Å²) in [6.45, 7) is 0.983. The van der Waals surface area contributed by atoms with Crippen LogP contribution in [-0.4, -0.2) is 26.2 Å². The van der Waals surface area contributed by atoms with Crippen LogP contribution < -0.4 is 11.1 Å². The first-order chi connectivity index (χ1) is 7.13. The molecule has 82 valence electrons. The molecule has 1 aromatic carbocycles. The molecule has 0 saturated heterocycles. The quantitative estimate of drug-likeness (QED) is 0.644. The zero-order valence-electron chi connectivity index (χ0n) is 8.42. The van der Waals surface area contributed by atoms with Crippen molar-refractivity contribution in [3.05, 3.63) is 28.2 Å². The number of benzene rings is 1. The number of hydrogen-bond donors (Lipinski definition) is 2. The summed E-state index contributed by atoms with van der Waals surface area (Å²) in [5.74, 6) is -0.153. The maximum absolute atomic E-state index is 11.6. The van der Waals surface area contributed by atoms with Crippen LogP contribution in [0.25, 0.3) is 0 Å². The summed E-state index contributed by atoms with van der Waals surface area (Å²) in [5, 5.41) is 2.71. The highest BCUT2D eigenvalue weighted by Crippen LogP contribution is 2.16. The SMILES string of the molecule is COCCNC(=O)c1cc(N)cc(Br)c1. The summed E-state index contributed by atoms with van der Waals surface area (Å²) in [4.78, 5) is 11.6. The van der Waals surface area contributed by atoms with Crippen LogP contribution in [0.3, 0.4) is 0 Å². The van der Waals surface area contributed by atoms with Gasteiger partial charge in [-0.1, -0.05) is 15.9 Å². The second-order valence-corrected chi connectivity index (χ2v) is 3.94. The molecule has 0 saturated carbocycles. The maximum Gasteiger partial charge on any atom is 0.251 e. The number of nitrogen functional groups attached to an aromatic ring is 1. The smallest absolute Gasteiger partial charge is 0.251 e. The van der Waals surface area contributed by atoms with Crippen molar-refractivity contribution in [2.45, 2.75) is 0 Å². The third-order valence-corrected chi connectivity index (χ3v) is 2.23. The molecule has 0 bridgehead atoms. The summed E-state index contributed by atoms with van der Waals surface area (Å²) in [7, 11) is 1.59. The average Bonchev–Trinajstić information content (AvgIpc) is 2.16. The number of nitrogens with one attached hydrogen (secondary N) is 1. The number of nitrogens with two attached hydrogens (primary N) is 1. The third kappa shape index (κ3) is 3.89. The number of hydrogen-bond acceptors (Lipinski definition) is 3. The molecule has 3 N–H and O–H groups in total. The largest absolute Gasteiger partial charge is 0.399 e. The first-order valence-corrected chi connectivity index (χ1v) is 5.26. The third-order valence-electron chi connectivity index (χ3n) is 1.77. The van der Waals surface area contributed by atoms with Crippen molar-refractivity contribution < 1.29 is 9.53 Å². The number of halogens is 1. The van der Waals surface area contributed by atoms with Crippen LogP contribution in [0.15, 0.2) is 22.7 Å². The minimum Gasteiger partial charge on any atom is -0.399 e. The Kier molecular flexibility index (Phi) is 4.58. The Bertz CT molecular complexity index is 335. The summed E-state index contributed by atoms with van der Waals surface area (Å²) < 4.78 is 5.62. The van der Waals surface area contributed by atoms with E-state index in [4.69, 9.17) is 10.5 Å². The van der Waals surface area contributed by atoms with E-state index in [2.05, 4.69) is 21.2 Å². The number of carbonyl (C=O) groups is 1. The number of carbonyl (C=O) groups excluding carboxylic acids is 1. The predicted molar refractivity (Wildman–Crippen MR) is 62.8 cm³/mol. The van der Waals surface area contributed by atoms with Gasteiger partial charge < -0.3 is 15.8 Å². The molecule has 1 amide bonds. The summed E-state index contributed by atoms with van der Waals surface area (Å²) in [5.41, 5.74) is 6.71. The van der Waals surface area contributed by atoms with Gasteiger partial charge in [0, 0.05) is 29.4 Å². The van der Waals surface area contributed by atoms with Crippen molar-refractivity contribution >= 4 is 27.5 Å². The number of anilines is 1. The van der Waals surface area contributed by atoms with E-state index in [-0.39, 0.29) is 5.91 Å². The van der Waals surface area contributed by atoms with E-state index in [1.165, 1.54) is 0 Å². The zero-order valence-corrected chi connectivity index (χ0v) is 10.0. The fourth-order valence-electron chi connectivity index (χ4n) is 1.11. The van der Waals surface area contributed by atoms with E-state index in [0.29, 0.717) is 24.4 Å². The van der Waals surface area contributed by atoms with E-state index in [0.717, 1.165) is 4.47 Å². The Labute approximate surface area is 96.9 Å². The van der Waals surface area contributed by atoms with Gasteiger partial charge in [0.1, 0.15) is 0 Å². The van der Waals surface area contributed by atoms with Crippen molar-refractivity contribution in [2.75, 3.05) is 26.0 Å². The molecule has 0 atom stereocenters. The standard InChI is InChI=1S/C10H13BrN2O2/c1-15-3-2-13-10(14)7-4-8(11)6-9(12)5-7/h4-6H,2-3,12H2,1H3,(H,13,14). The van der Waals surface area contributed by atoms with Crippen LogP contribution in [0.5, 0.6) is 0 Å². The summed E-state index contributed by atoms with van der Waals surface area (Å²) in [6, 6.07) is 5.09. The molecule has 0 aromatic heterocycles. The fourth-order valence-corrected chi connectivity index (χ4v) is 1.62. The van der Waals surface area contributed by atoms with Crippen LogP contribution in [0.4, 0.5) is 5.69 Å². The Morgan fingerprint density at radius 1 is 1.53 bits per heavy atom. The van der Waals surface area contributed by atoms with E-state index >= 15 is 0 Å². The minimum absolute atomic E-state index is 0.153. The van der Waals surface area contributed by atoms with Crippen LogP contribution in [0.2, 0.25) is 0 Å². The molecule has 0 radical (unpaired) electrons. The number of amides is 1. The average molecular weight is 273 g/mol. The van der Waals surface area contributed by atoms with Crippen molar-refractivity contribution in [3.63, 3.8) is 0 Å². The second-order valence-electron chi connectivity index (χ2n) is 3.02. The Morgan fingerprint density at radius 3 is 2.87 bits per heavy atom. The molecule has 0 aliphatic heterocycles. The molecule has 1 rings (SSSR count). The molecule has 5 heteroatoms. The molecule has 0 aliphatic carbocycles. The van der Waals surface area contributed by atoms with Crippen molar-refractivity contribution in [3.8, 4) is 0 Å². The molecule has 0 aliphatic rings. The van der Waals surface area contributed by atoms with Gasteiger partial charge in [0.15, 0.2) is 0 Å². The number of rotatable bonds is 4. The first-order valence-electron chi connectivity index (χ1n) is 4.46. The Morgan fingerprint density at radius 2 is 2.27 bits per heavy atom. The predicted octanol–water partition coefficient (Wildman–Crippen LogP) is 1.41. The lowest BCUT2D eigenvalue weighted by molar-refractivity contribution is 0.0937. The van der Waals surface area contributed by atoms with E-state index in [1.54, 1.807) is 25.3 Å². The van der Waals surface area contributed by atoms with E-state index in [9.17, 15) is 4.79 Å². The van der Waals surface area contributed by atoms with Crippen molar-refractivity contribution in [2.24, 2.45) is 0 Å². The maximum atomic E-state index is 11.6. The lowest BCUT2D eigenvalue weighted by atomic mass is 10.2. The summed E-state index contributed by atoms with van der Waals surface area (Å²) in [6.07, 6.45) is 0. The topological polar surface area (TPSA) is 64.3 Å². The van der Waals surface area contributed by atoms with Crippen molar-refractivity contribution in [1.82, 2.24) is 5.32 Å². The van der Waals surface area contributed by atoms with Gasteiger partial charge in [0.2, 0.25) is 0 Å². The lowest BCUT2D eigenvalue weighted by Crippen LogP contribution is -2.26. The van der Waals surface area contributed by atoms with Crippen LogP contribution in [0.1, 0.15) is 10.4 Å². The number of ether oxygens (including phenoxy) is 1. The Hall–Kier alpha value is -1.07. The summed E-state index contributed by atoms with van der Waals surface area (Å²) >= 11 is 3.28. The highest BCUT2D eigenvalue weighted by molar-refractivity contribution is 9.10. The molecule has 0 spiro atoms. The van der Waals surface area contributed by atoms with Gasteiger partial charge in [-0.3, -0.25) is 4.79 Å². The van der Waals surface area contributed by atoms with Gasteiger partial charge >= 0.3 is 0 Å². The molecular formula is C10H13BrN2O2. The minimum atomic E-state index is -0.153. The molecule has 0 unspecified atom stereocenters.